The molecule has 0 unspecified atom stereocenters. The van der Waals surface area contributed by atoms with Crippen molar-refractivity contribution < 1.29 is 9.13 Å². The van der Waals surface area contributed by atoms with E-state index in [0.717, 1.165) is 31.0 Å². The molecule has 2 aromatic rings. The fourth-order valence-electron chi connectivity index (χ4n) is 3.31. The van der Waals surface area contributed by atoms with E-state index in [9.17, 15) is 4.39 Å². The van der Waals surface area contributed by atoms with Crippen molar-refractivity contribution in [3.05, 3.63) is 47.3 Å². The van der Waals surface area contributed by atoms with E-state index >= 15 is 0 Å². The number of aryl methyl sites for hydroxylation is 2. The SMILES string of the molecule is COc1cccc(F)c1CN1CC[C@@H](c2nc(C)cn2C)C1. The van der Waals surface area contributed by atoms with Crippen LogP contribution in [0, 0.1) is 12.7 Å². The molecular formula is C17H22FN3O. The molecule has 4 nitrogen and oxygen atoms in total. The van der Waals surface area contributed by atoms with E-state index in [1.165, 1.54) is 6.07 Å². The summed E-state index contributed by atoms with van der Waals surface area (Å²) in [5.74, 6) is 1.96. The molecule has 0 aliphatic carbocycles. The van der Waals surface area contributed by atoms with Crippen molar-refractivity contribution in [2.75, 3.05) is 20.2 Å². The number of hydrogen-bond donors (Lipinski definition) is 0. The average molecular weight is 303 g/mol. The van der Waals surface area contributed by atoms with Crippen molar-refractivity contribution in [2.45, 2.75) is 25.8 Å². The molecule has 5 heteroatoms. The summed E-state index contributed by atoms with van der Waals surface area (Å²) >= 11 is 0. The molecule has 0 bridgehead atoms. The lowest BCUT2D eigenvalue weighted by Crippen LogP contribution is -2.21. The third-order valence-corrected chi connectivity index (χ3v) is 4.35. The Labute approximate surface area is 130 Å². The first-order valence-electron chi connectivity index (χ1n) is 7.62. The number of likely N-dealkylation sites (tertiary alicyclic amines) is 1. The van der Waals surface area contributed by atoms with Crippen LogP contribution in [0.25, 0.3) is 0 Å². The molecule has 2 heterocycles. The Balaban J connectivity index is 1.73. The number of methoxy groups -OCH3 is 1. The van der Waals surface area contributed by atoms with E-state index in [4.69, 9.17) is 4.74 Å². The number of aromatic nitrogens is 2. The lowest BCUT2D eigenvalue weighted by Gasteiger charge is -2.18. The molecule has 0 amide bonds. The van der Waals surface area contributed by atoms with Crippen LogP contribution >= 0.6 is 0 Å². The maximum atomic E-state index is 14.1. The Hall–Kier alpha value is -1.88. The summed E-state index contributed by atoms with van der Waals surface area (Å²) in [7, 11) is 3.62. The van der Waals surface area contributed by atoms with Crippen molar-refractivity contribution >= 4 is 0 Å². The van der Waals surface area contributed by atoms with Gasteiger partial charge in [-0.05, 0) is 32.0 Å². The third kappa shape index (κ3) is 2.86. The van der Waals surface area contributed by atoms with E-state index in [0.29, 0.717) is 23.8 Å². The Morgan fingerprint density at radius 3 is 2.91 bits per heavy atom. The fraction of sp³-hybridized carbons (Fsp3) is 0.471. The fourth-order valence-corrected chi connectivity index (χ4v) is 3.31. The van der Waals surface area contributed by atoms with Crippen LogP contribution in [-0.4, -0.2) is 34.7 Å². The molecule has 0 saturated carbocycles. The largest absolute Gasteiger partial charge is 0.496 e. The standard InChI is InChI=1S/C17H22FN3O/c1-12-9-20(2)17(19-12)13-7-8-21(10-13)11-14-15(18)5-4-6-16(14)22-3/h4-6,9,13H,7-8,10-11H2,1-3H3/t13-/m1/s1. The second-order valence-corrected chi connectivity index (χ2v) is 5.99. The Morgan fingerprint density at radius 1 is 1.41 bits per heavy atom. The first-order valence-corrected chi connectivity index (χ1v) is 7.62. The zero-order valence-corrected chi connectivity index (χ0v) is 13.3. The van der Waals surface area contributed by atoms with Gasteiger partial charge in [0.25, 0.3) is 0 Å². The smallest absolute Gasteiger partial charge is 0.131 e. The van der Waals surface area contributed by atoms with E-state index < -0.39 is 0 Å². The summed E-state index contributed by atoms with van der Waals surface area (Å²) in [6, 6.07) is 4.99. The van der Waals surface area contributed by atoms with Gasteiger partial charge in [-0.1, -0.05) is 6.07 Å². The van der Waals surface area contributed by atoms with Gasteiger partial charge in [0, 0.05) is 37.8 Å². The summed E-state index contributed by atoms with van der Waals surface area (Å²) in [6.07, 6.45) is 3.11. The summed E-state index contributed by atoms with van der Waals surface area (Å²) in [4.78, 5) is 6.90. The summed E-state index contributed by atoms with van der Waals surface area (Å²) in [5, 5.41) is 0. The second-order valence-electron chi connectivity index (χ2n) is 5.99. The molecule has 22 heavy (non-hydrogen) atoms. The number of halogens is 1. The minimum absolute atomic E-state index is 0.198. The molecule has 1 aliphatic heterocycles. The Morgan fingerprint density at radius 2 is 2.23 bits per heavy atom. The van der Waals surface area contributed by atoms with Crippen LogP contribution in [-0.2, 0) is 13.6 Å². The highest BCUT2D eigenvalue weighted by atomic mass is 19.1. The lowest BCUT2D eigenvalue weighted by molar-refractivity contribution is 0.309. The van der Waals surface area contributed by atoms with Gasteiger partial charge in [-0.2, -0.15) is 0 Å². The number of nitrogens with zero attached hydrogens (tertiary/aromatic N) is 3. The van der Waals surface area contributed by atoms with Gasteiger partial charge in [0.2, 0.25) is 0 Å². The first kappa shape index (κ1) is 15.0. The predicted molar refractivity (Wildman–Crippen MR) is 83.5 cm³/mol. The Kier molecular flexibility index (Phi) is 4.16. The van der Waals surface area contributed by atoms with Crippen LogP contribution in [0.1, 0.15) is 29.4 Å². The number of hydrogen-bond acceptors (Lipinski definition) is 3. The minimum atomic E-state index is -0.198. The molecule has 0 radical (unpaired) electrons. The van der Waals surface area contributed by atoms with E-state index in [2.05, 4.69) is 20.6 Å². The van der Waals surface area contributed by atoms with Crippen LogP contribution in [0.15, 0.2) is 24.4 Å². The molecule has 1 aliphatic rings. The average Bonchev–Trinajstić information content (AvgIpc) is 3.07. The van der Waals surface area contributed by atoms with Crippen LogP contribution in [0.5, 0.6) is 5.75 Å². The van der Waals surface area contributed by atoms with Gasteiger partial charge in [-0.15, -0.1) is 0 Å². The summed E-state index contributed by atoms with van der Waals surface area (Å²) in [5.41, 5.74) is 1.69. The monoisotopic (exact) mass is 303 g/mol. The first-order chi connectivity index (χ1) is 10.6. The molecule has 1 fully saturated rings. The van der Waals surface area contributed by atoms with Crippen LogP contribution in [0.3, 0.4) is 0 Å². The highest BCUT2D eigenvalue weighted by Crippen LogP contribution is 2.30. The topological polar surface area (TPSA) is 30.3 Å². The summed E-state index contributed by atoms with van der Waals surface area (Å²) in [6.45, 7) is 4.45. The summed E-state index contributed by atoms with van der Waals surface area (Å²) < 4.78 is 21.4. The highest BCUT2D eigenvalue weighted by Gasteiger charge is 2.28. The van der Waals surface area contributed by atoms with Crippen molar-refractivity contribution in [2.24, 2.45) is 7.05 Å². The zero-order chi connectivity index (χ0) is 15.7. The van der Waals surface area contributed by atoms with Crippen LogP contribution < -0.4 is 4.74 Å². The number of benzene rings is 1. The zero-order valence-electron chi connectivity index (χ0n) is 13.3. The Bertz CT molecular complexity index is 668. The van der Waals surface area contributed by atoms with Crippen molar-refractivity contribution in [3.8, 4) is 5.75 Å². The number of imidazole rings is 1. The molecule has 0 N–H and O–H groups in total. The van der Waals surface area contributed by atoms with Crippen LogP contribution in [0.4, 0.5) is 4.39 Å². The second kappa shape index (κ2) is 6.08. The van der Waals surface area contributed by atoms with Crippen LogP contribution in [0.2, 0.25) is 0 Å². The third-order valence-electron chi connectivity index (χ3n) is 4.35. The van der Waals surface area contributed by atoms with Gasteiger partial charge in [0.1, 0.15) is 17.4 Å². The van der Waals surface area contributed by atoms with E-state index in [1.54, 1.807) is 13.2 Å². The van der Waals surface area contributed by atoms with Gasteiger partial charge in [-0.25, -0.2) is 9.37 Å². The maximum absolute atomic E-state index is 14.1. The quantitative estimate of drug-likeness (QED) is 0.870. The van der Waals surface area contributed by atoms with Gasteiger partial charge >= 0.3 is 0 Å². The molecule has 1 atom stereocenters. The molecule has 0 spiro atoms. The lowest BCUT2D eigenvalue weighted by atomic mass is 10.1. The molecule has 1 aromatic heterocycles. The van der Waals surface area contributed by atoms with Gasteiger partial charge < -0.3 is 9.30 Å². The molecule has 3 rings (SSSR count). The molecule has 1 aromatic carbocycles. The van der Waals surface area contributed by atoms with Gasteiger partial charge in [0.05, 0.1) is 12.8 Å². The minimum Gasteiger partial charge on any atom is -0.496 e. The molecule has 1 saturated heterocycles. The predicted octanol–water partition coefficient (Wildman–Crippen LogP) is 2.87. The molecule has 118 valence electrons. The molecular weight excluding hydrogens is 281 g/mol. The van der Waals surface area contributed by atoms with E-state index in [1.807, 2.05) is 20.0 Å². The number of ether oxygens (including phenoxy) is 1. The van der Waals surface area contributed by atoms with Crippen molar-refractivity contribution in [1.82, 2.24) is 14.5 Å². The van der Waals surface area contributed by atoms with Crippen molar-refractivity contribution in [3.63, 3.8) is 0 Å². The number of rotatable bonds is 4. The van der Waals surface area contributed by atoms with Gasteiger partial charge in [-0.3, -0.25) is 4.90 Å². The van der Waals surface area contributed by atoms with Gasteiger partial charge in [0.15, 0.2) is 0 Å². The van der Waals surface area contributed by atoms with E-state index in [-0.39, 0.29) is 5.82 Å². The normalized spacial score (nSPS) is 18.8. The van der Waals surface area contributed by atoms with Crippen molar-refractivity contribution in [1.29, 1.82) is 0 Å². The maximum Gasteiger partial charge on any atom is 0.131 e. The highest BCUT2D eigenvalue weighted by molar-refractivity contribution is 5.34.